The smallest absolute Gasteiger partial charge is 0.247 e. The number of hydrogen-bond donors (Lipinski definition) is 1. The van der Waals surface area contributed by atoms with Crippen molar-refractivity contribution in [1.29, 1.82) is 0 Å². The Labute approximate surface area is 160 Å². The number of halogens is 1. The third-order valence-electron chi connectivity index (χ3n) is 3.99. The molecule has 1 unspecified atom stereocenters. The number of aliphatic imine (C=N–C) groups is 1. The fraction of sp³-hybridized carbons (Fsp3) is 0.211. The van der Waals surface area contributed by atoms with Gasteiger partial charge in [-0.2, -0.15) is 0 Å². The summed E-state index contributed by atoms with van der Waals surface area (Å²) in [7, 11) is 3.13. The van der Waals surface area contributed by atoms with Crippen LogP contribution in [0, 0.1) is 5.82 Å². The number of rotatable bonds is 4. The molecule has 1 atom stereocenters. The van der Waals surface area contributed by atoms with E-state index in [4.69, 9.17) is 4.74 Å². The number of imide groups is 1. The van der Waals surface area contributed by atoms with Crippen LogP contribution in [0.1, 0.15) is 6.42 Å². The minimum atomic E-state index is -0.578. The van der Waals surface area contributed by atoms with Gasteiger partial charge in [-0.15, -0.1) is 0 Å². The third-order valence-corrected chi connectivity index (χ3v) is 5.15. The minimum absolute atomic E-state index is 0.0830. The Bertz CT molecular complexity index is 869. The molecule has 1 N–H and O–H groups in total. The predicted molar refractivity (Wildman–Crippen MR) is 105 cm³/mol. The Morgan fingerprint density at radius 2 is 1.85 bits per heavy atom. The average molecular weight is 387 g/mol. The highest BCUT2D eigenvalue weighted by Gasteiger charge is 2.40. The van der Waals surface area contributed by atoms with Gasteiger partial charge in [-0.05, 0) is 48.5 Å². The number of ether oxygens (including phenoxy) is 1. The van der Waals surface area contributed by atoms with Crippen LogP contribution in [0.3, 0.4) is 0 Å². The number of thioether (sulfide) groups is 1. The van der Waals surface area contributed by atoms with Gasteiger partial charge < -0.3 is 10.1 Å². The quantitative estimate of drug-likeness (QED) is 0.495. The number of anilines is 2. The molecule has 8 heteroatoms. The molecule has 1 aliphatic heterocycles. The van der Waals surface area contributed by atoms with E-state index in [0.717, 1.165) is 0 Å². The molecule has 140 valence electrons. The summed E-state index contributed by atoms with van der Waals surface area (Å²) in [5.41, 5.74) is 1.16. The van der Waals surface area contributed by atoms with Crippen LogP contribution in [0.15, 0.2) is 53.5 Å². The Morgan fingerprint density at radius 3 is 2.44 bits per heavy atom. The van der Waals surface area contributed by atoms with E-state index in [2.05, 4.69) is 10.3 Å². The minimum Gasteiger partial charge on any atom is -0.497 e. The molecule has 0 aromatic heterocycles. The van der Waals surface area contributed by atoms with E-state index < -0.39 is 5.25 Å². The van der Waals surface area contributed by atoms with E-state index in [0.29, 0.717) is 22.3 Å². The lowest BCUT2D eigenvalue weighted by Gasteiger charge is -2.16. The van der Waals surface area contributed by atoms with Crippen LogP contribution < -0.4 is 15.0 Å². The summed E-state index contributed by atoms with van der Waals surface area (Å²) in [6.07, 6.45) is 0.0830. The Balaban J connectivity index is 1.70. The second-order valence-corrected chi connectivity index (χ2v) is 6.93. The number of methoxy groups -OCH3 is 1. The molecule has 1 fully saturated rings. The molecule has 0 spiro atoms. The van der Waals surface area contributed by atoms with Crippen LogP contribution >= 0.6 is 11.8 Å². The lowest BCUT2D eigenvalue weighted by atomic mass is 10.3. The zero-order valence-electron chi connectivity index (χ0n) is 14.8. The zero-order valence-corrected chi connectivity index (χ0v) is 15.6. The van der Waals surface area contributed by atoms with Gasteiger partial charge in [0.05, 0.1) is 12.8 Å². The molecule has 27 heavy (non-hydrogen) atoms. The molecule has 3 rings (SSSR count). The van der Waals surface area contributed by atoms with Crippen LogP contribution in [-0.2, 0) is 9.59 Å². The molecular weight excluding hydrogens is 369 g/mol. The van der Waals surface area contributed by atoms with Crippen LogP contribution in [0.4, 0.5) is 15.8 Å². The highest BCUT2D eigenvalue weighted by atomic mass is 32.2. The first-order valence-corrected chi connectivity index (χ1v) is 9.06. The van der Waals surface area contributed by atoms with Crippen molar-refractivity contribution >= 4 is 40.1 Å². The van der Waals surface area contributed by atoms with Crippen LogP contribution in [0.5, 0.6) is 5.75 Å². The van der Waals surface area contributed by atoms with Gasteiger partial charge in [0.15, 0.2) is 5.17 Å². The van der Waals surface area contributed by atoms with Gasteiger partial charge in [0.2, 0.25) is 11.8 Å². The standard InChI is InChI=1S/C19H18FN3O3S/c1-21-19(22-13-5-3-12(20)4-6-13)27-16-11-17(24)23(18(16)25)14-7-9-15(26-2)10-8-14/h3-10,16H,11H2,1-2H3,(H,21,22). The van der Waals surface area contributed by atoms with Gasteiger partial charge in [0.25, 0.3) is 0 Å². The molecule has 1 aliphatic rings. The van der Waals surface area contributed by atoms with Gasteiger partial charge in [-0.25, -0.2) is 9.29 Å². The normalized spacial score (nSPS) is 17.4. The first kappa shape index (κ1) is 18.9. The lowest BCUT2D eigenvalue weighted by molar-refractivity contribution is -0.121. The number of nitrogens with zero attached hydrogens (tertiary/aromatic N) is 2. The fourth-order valence-electron chi connectivity index (χ4n) is 2.63. The number of amidine groups is 1. The Morgan fingerprint density at radius 1 is 1.19 bits per heavy atom. The number of benzene rings is 2. The molecule has 0 aliphatic carbocycles. The monoisotopic (exact) mass is 387 g/mol. The summed E-state index contributed by atoms with van der Waals surface area (Å²) in [6, 6.07) is 12.6. The number of hydrogen-bond acceptors (Lipinski definition) is 5. The molecule has 2 amide bonds. The average Bonchev–Trinajstić information content (AvgIpc) is 2.96. The van der Waals surface area contributed by atoms with E-state index in [9.17, 15) is 14.0 Å². The van der Waals surface area contributed by atoms with Crippen LogP contribution in [0.25, 0.3) is 0 Å². The van der Waals surface area contributed by atoms with Crippen molar-refractivity contribution < 1.29 is 18.7 Å². The van der Waals surface area contributed by atoms with Crippen molar-refractivity contribution in [2.24, 2.45) is 4.99 Å². The highest BCUT2D eigenvalue weighted by molar-refractivity contribution is 8.15. The largest absolute Gasteiger partial charge is 0.497 e. The summed E-state index contributed by atoms with van der Waals surface area (Å²) >= 11 is 1.18. The molecular formula is C19H18FN3O3S. The molecule has 0 bridgehead atoms. The SMILES string of the molecule is CN=C(Nc1ccc(F)cc1)SC1CC(=O)N(c2ccc(OC)cc2)C1=O. The molecule has 1 heterocycles. The molecule has 2 aromatic rings. The van der Waals surface area contributed by atoms with Gasteiger partial charge in [-0.1, -0.05) is 11.8 Å². The molecule has 0 radical (unpaired) electrons. The number of amides is 2. The van der Waals surface area contributed by atoms with Crippen LogP contribution in [0.2, 0.25) is 0 Å². The number of carbonyl (C=O) groups is 2. The lowest BCUT2D eigenvalue weighted by Crippen LogP contribution is -2.31. The van der Waals surface area contributed by atoms with Gasteiger partial charge in [0.1, 0.15) is 16.8 Å². The number of carbonyl (C=O) groups excluding carboxylic acids is 2. The second-order valence-electron chi connectivity index (χ2n) is 5.74. The Kier molecular flexibility index (Phi) is 5.75. The van der Waals surface area contributed by atoms with Crippen molar-refractivity contribution in [3.05, 3.63) is 54.3 Å². The highest BCUT2D eigenvalue weighted by Crippen LogP contribution is 2.31. The van der Waals surface area contributed by atoms with Crippen molar-refractivity contribution in [3.63, 3.8) is 0 Å². The summed E-state index contributed by atoms with van der Waals surface area (Å²) in [6.45, 7) is 0. The van der Waals surface area contributed by atoms with Crippen molar-refractivity contribution in [1.82, 2.24) is 0 Å². The van der Waals surface area contributed by atoms with Gasteiger partial charge >= 0.3 is 0 Å². The predicted octanol–water partition coefficient (Wildman–Crippen LogP) is 3.30. The molecule has 1 saturated heterocycles. The van der Waals surface area contributed by atoms with E-state index in [1.807, 2.05) is 0 Å². The van der Waals surface area contributed by atoms with E-state index in [1.54, 1.807) is 50.6 Å². The molecule has 2 aromatic carbocycles. The maximum atomic E-state index is 13.0. The summed E-state index contributed by atoms with van der Waals surface area (Å²) in [4.78, 5) is 30.4. The maximum absolute atomic E-state index is 13.0. The number of nitrogens with one attached hydrogen (secondary N) is 1. The third kappa shape index (κ3) is 4.28. The van der Waals surface area contributed by atoms with Crippen molar-refractivity contribution in [2.75, 3.05) is 24.4 Å². The van der Waals surface area contributed by atoms with Crippen molar-refractivity contribution in [3.8, 4) is 5.75 Å². The van der Waals surface area contributed by atoms with Gasteiger partial charge in [-0.3, -0.25) is 14.6 Å². The van der Waals surface area contributed by atoms with E-state index in [1.165, 1.54) is 28.8 Å². The van der Waals surface area contributed by atoms with Crippen LogP contribution in [-0.4, -0.2) is 36.4 Å². The summed E-state index contributed by atoms with van der Waals surface area (Å²) in [5.74, 6) is -0.250. The fourth-order valence-corrected chi connectivity index (χ4v) is 3.61. The zero-order chi connectivity index (χ0) is 19.4. The first-order valence-electron chi connectivity index (χ1n) is 8.18. The maximum Gasteiger partial charge on any atom is 0.247 e. The van der Waals surface area contributed by atoms with Crippen molar-refractivity contribution in [2.45, 2.75) is 11.7 Å². The van der Waals surface area contributed by atoms with E-state index >= 15 is 0 Å². The molecule has 0 saturated carbocycles. The summed E-state index contributed by atoms with van der Waals surface area (Å²) in [5, 5.41) is 2.93. The summed E-state index contributed by atoms with van der Waals surface area (Å²) < 4.78 is 18.1. The second kappa shape index (κ2) is 8.22. The first-order chi connectivity index (χ1) is 13.0. The molecule has 6 nitrogen and oxygen atoms in total. The topological polar surface area (TPSA) is 71.0 Å². The van der Waals surface area contributed by atoms with Gasteiger partial charge in [0, 0.05) is 19.2 Å². The van der Waals surface area contributed by atoms with E-state index in [-0.39, 0.29) is 24.1 Å². The Hall–Kier alpha value is -2.87.